The third-order valence-corrected chi connectivity index (χ3v) is 6.81. The van der Waals surface area contributed by atoms with Crippen LogP contribution in [0.2, 0.25) is 0 Å². The monoisotopic (exact) mass is 322 g/mol. The van der Waals surface area contributed by atoms with Crippen molar-refractivity contribution in [3.63, 3.8) is 0 Å². The van der Waals surface area contributed by atoms with Gasteiger partial charge < -0.3 is 5.11 Å². The van der Waals surface area contributed by atoms with Gasteiger partial charge in [-0.3, -0.25) is 4.79 Å². The van der Waals surface area contributed by atoms with Gasteiger partial charge in [0.05, 0.1) is 11.2 Å². The number of thiophene rings is 1. The molecule has 1 saturated heterocycles. The summed E-state index contributed by atoms with van der Waals surface area (Å²) < 4.78 is 12.7. The topological polar surface area (TPSA) is 37.3 Å². The molecule has 2 heterocycles. The molecule has 1 fully saturated rings. The molecule has 2 aromatic rings. The number of halogens is 1. The molecule has 0 radical (unpaired) electrons. The third kappa shape index (κ3) is 2.99. The van der Waals surface area contributed by atoms with Crippen LogP contribution in [0.25, 0.3) is 10.4 Å². The fourth-order valence-corrected chi connectivity index (χ4v) is 5.54. The number of hydrogen-bond acceptors (Lipinski definition) is 3. The van der Waals surface area contributed by atoms with E-state index in [2.05, 4.69) is 0 Å². The van der Waals surface area contributed by atoms with Gasteiger partial charge in [0, 0.05) is 9.75 Å². The van der Waals surface area contributed by atoms with Crippen molar-refractivity contribution in [2.45, 2.75) is 24.0 Å². The van der Waals surface area contributed by atoms with Gasteiger partial charge in [-0.15, -0.1) is 23.1 Å². The van der Waals surface area contributed by atoms with E-state index in [9.17, 15) is 14.3 Å². The highest BCUT2D eigenvalue weighted by Gasteiger charge is 2.39. The molecule has 0 spiro atoms. The molecule has 1 aromatic heterocycles. The maximum Gasteiger partial charge on any atom is 0.305 e. The maximum atomic E-state index is 13.0. The molecule has 110 valence electrons. The van der Waals surface area contributed by atoms with E-state index in [1.807, 2.05) is 12.1 Å². The van der Waals surface area contributed by atoms with Crippen LogP contribution in [-0.2, 0) is 9.54 Å². The first-order chi connectivity index (χ1) is 10.1. The average Bonchev–Trinajstić information content (AvgIpc) is 3.08. The Hall–Kier alpha value is -1.33. The number of rotatable bonds is 4. The smallest absolute Gasteiger partial charge is 0.305 e. The molecule has 5 heteroatoms. The molecule has 0 aliphatic carbocycles. The van der Waals surface area contributed by atoms with E-state index in [-0.39, 0.29) is 17.0 Å². The number of benzene rings is 1. The van der Waals surface area contributed by atoms with Crippen LogP contribution in [-0.4, -0.2) is 16.8 Å². The molecule has 21 heavy (non-hydrogen) atoms. The Morgan fingerprint density at radius 2 is 2.00 bits per heavy atom. The van der Waals surface area contributed by atoms with Crippen molar-refractivity contribution in [3.05, 3.63) is 47.1 Å². The predicted octanol–water partition coefficient (Wildman–Crippen LogP) is 4.75. The normalized spacial score (nSPS) is 21.6. The molecular formula is C16H15FO2S2. The van der Waals surface area contributed by atoms with E-state index in [1.54, 1.807) is 35.2 Å². The number of hydrogen-bond donors (Lipinski definition) is 1. The first kappa shape index (κ1) is 14.6. The summed E-state index contributed by atoms with van der Waals surface area (Å²) in [5, 5.41) is 9.20. The second-order valence-corrected chi connectivity index (χ2v) is 7.75. The summed E-state index contributed by atoms with van der Waals surface area (Å²) in [4.78, 5) is 13.4. The molecule has 3 rings (SSSR count). The van der Waals surface area contributed by atoms with Gasteiger partial charge in [-0.05, 0) is 48.4 Å². The molecule has 0 saturated carbocycles. The number of thioether (sulfide) groups is 1. The standard InChI is InChI=1S/C16H15FO2S2/c17-12-4-2-11(3-5-12)13-6-7-14(21-13)16(10-15(18)19)8-1-9-20-16/h2-7H,1,8-10H2,(H,18,19). The van der Waals surface area contributed by atoms with Gasteiger partial charge in [0.1, 0.15) is 5.82 Å². The zero-order valence-corrected chi connectivity index (χ0v) is 13.0. The van der Waals surface area contributed by atoms with Crippen LogP contribution < -0.4 is 0 Å². The third-order valence-electron chi connectivity index (χ3n) is 3.72. The fraction of sp³-hybridized carbons (Fsp3) is 0.312. The molecule has 1 N–H and O–H groups in total. The van der Waals surface area contributed by atoms with Gasteiger partial charge in [0.15, 0.2) is 0 Å². The minimum Gasteiger partial charge on any atom is -0.481 e. The lowest BCUT2D eigenvalue weighted by Gasteiger charge is -2.24. The lowest BCUT2D eigenvalue weighted by atomic mass is 9.97. The molecule has 1 unspecified atom stereocenters. The highest BCUT2D eigenvalue weighted by molar-refractivity contribution is 8.00. The quantitative estimate of drug-likeness (QED) is 0.882. The van der Waals surface area contributed by atoms with Crippen LogP contribution in [0.1, 0.15) is 24.1 Å². The average molecular weight is 322 g/mol. The van der Waals surface area contributed by atoms with E-state index in [0.29, 0.717) is 0 Å². The molecular weight excluding hydrogens is 307 g/mol. The number of aliphatic carboxylic acids is 1. The highest BCUT2D eigenvalue weighted by atomic mass is 32.2. The van der Waals surface area contributed by atoms with Gasteiger partial charge in [-0.1, -0.05) is 12.1 Å². The van der Waals surface area contributed by atoms with Crippen LogP contribution in [0.3, 0.4) is 0 Å². The van der Waals surface area contributed by atoms with Gasteiger partial charge in [-0.25, -0.2) is 4.39 Å². The summed E-state index contributed by atoms with van der Waals surface area (Å²) in [6.07, 6.45) is 2.14. The molecule has 1 aromatic carbocycles. The Bertz CT molecular complexity index is 643. The maximum absolute atomic E-state index is 13.0. The van der Waals surface area contributed by atoms with Crippen molar-refractivity contribution in [1.29, 1.82) is 0 Å². The van der Waals surface area contributed by atoms with Crippen LogP contribution in [0, 0.1) is 5.82 Å². The van der Waals surface area contributed by atoms with Gasteiger partial charge in [0.25, 0.3) is 0 Å². The summed E-state index contributed by atoms with van der Waals surface area (Å²) in [5.41, 5.74) is 0.973. The Morgan fingerprint density at radius 1 is 1.24 bits per heavy atom. The van der Waals surface area contributed by atoms with E-state index in [4.69, 9.17) is 0 Å². The Labute approximate surface area is 131 Å². The Kier molecular flexibility index (Phi) is 4.04. The van der Waals surface area contributed by atoms with Crippen molar-refractivity contribution in [3.8, 4) is 10.4 Å². The fourth-order valence-electron chi connectivity index (χ4n) is 2.71. The molecule has 1 atom stereocenters. The minimum absolute atomic E-state index is 0.168. The van der Waals surface area contributed by atoms with E-state index in [0.717, 1.165) is 33.9 Å². The van der Waals surface area contributed by atoms with E-state index in [1.165, 1.54) is 12.1 Å². The lowest BCUT2D eigenvalue weighted by molar-refractivity contribution is -0.137. The SMILES string of the molecule is O=C(O)CC1(c2ccc(-c3ccc(F)cc3)s2)CCCS1. The van der Waals surface area contributed by atoms with Crippen molar-refractivity contribution in [2.75, 3.05) is 5.75 Å². The Morgan fingerprint density at radius 3 is 2.62 bits per heavy atom. The summed E-state index contributed by atoms with van der Waals surface area (Å²) in [7, 11) is 0. The predicted molar refractivity (Wildman–Crippen MR) is 85.3 cm³/mol. The summed E-state index contributed by atoms with van der Waals surface area (Å²) in [6.45, 7) is 0. The molecule has 1 aliphatic heterocycles. The largest absolute Gasteiger partial charge is 0.481 e. The van der Waals surface area contributed by atoms with Gasteiger partial charge in [0.2, 0.25) is 0 Å². The number of carbonyl (C=O) groups is 1. The van der Waals surface area contributed by atoms with E-state index >= 15 is 0 Å². The van der Waals surface area contributed by atoms with Crippen LogP contribution in [0.4, 0.5) is 4.39 Å². The minimum atomic E-state index is -0.749. The highest BCUT2D eigenvalue weighted by Crippen LogP contribution is 2.52. The summed E-state index contributed by atoms with van der Waals surface area (Å²) in [6, 6.07) is 10.5. The second kappa shape index (κ2) is 5.81. The summed E-state index contributed by atoms with van der Waals surface area (Å²) >= 11 is 3.38. The van der Waals surface area contributed by atoms with Crippen molar-refractivity contribution < 1.29 is 14.3 Å². The zero-order valence-electron chi connectivity index (χ0n) is 11.3. The van der Waals surface area contributed by atoms with Gasteiger partial charge in [-0.2, -0.15) is 0 Å². The van der Waals surface area contributed by atoms with Crippen molar-refractivity contribution in [1.82, 2.24) is 0 Å². The van der Waals surface area contributed by atoms with E-state index < -0.39 is 5.97 Å². The van der Waals surface area contributed by atoms with Crippen molar-refractivity contribution >= 4 is 29.1 Å². The van der Waals surface area contributed by atoms with Crippen LogP contribution >= 0.6 is 23.1 Å². The second-order valence-electron chi connectivity index (χ2n) is 5.19. The molecule has 1 aliphatic rings. The first-order valence-electron chi connectivity index (χ1n) is 6.81. The van der Waals surface area contributed by atoms with Crippen molar-refractivity contribution in [2.24, 2.45) is 0 Å². The number of carboxylic acids is 1. The zero-order chi connectivity index (χ0) is 14.9. The summed E-state index contributed by atoms with van der Waals surface area (Å²) in [5.74, 6) is 0.0159. The molecule has 0 bridgehead atoms. The first-order valence-corrected chi connectivity index (χ1v) is 8.61. The lowest BCUT2D eigenvalue weighted by Crippen LogP contribution is -2.21. The molecule has 2 nitrogen and oxygen atoms in total. The Balaban J connectivity index is 1.92. The molecule has 0 amide bonds. The van der Waals surface area contributed by atoms with Crippen LogP contribution in [0.15, 0.2) is 36.4 Å². The van der Waals surface area contributed by atoms with Gasteiger partial charge >= 0.3 is 5.97 Å². The van der Waals surface area contributed by atoms with Crippen LogP contribution in [0.5, 0.6) is 0 Å². The number of carboxylic acid groups (broad SMARTS) is 1.